The Balaban J connectivity index is 2.32. The third kappa shape index (κ3) is 1.24. The molecule has 2 heteroatoms. The lowest BCUT2D eigenvalue weighted by Gasteiger charge is -2.34. The molecule has 2 atom stereocenters. The van der Waals surface area contributed by atoms with E-state index in [1.54, 1.807) is 7.11 Å². The van der Waals surface area contributed by atoms with Crippen molar-refractivity contribution < 1.29 is 9.53 Å². The molecule has 1 saturated carbocycles. The van der Waals surface area contributed by atoms with Crippen molar-refractivity contribution in [1.29, 1.82) is 0 Å². The highest BCUT2D eigenvalue weighted by Gasteiger charge is 2.44. The van der Waals surface area contributed by atoms with Crippen LogP contribution in [0.15, 0.2) is 11.6 Å². The second-order valence-electron chi connectivity index (χ2n) is 4.32. The predicted molar refractivity (Wildman–Crippen MR) is 50.5 cm³/mol. The van der Waals surface area contributed by atoms with Crippen molar-refractivity contribution in [3.63, 3.8) is 0 Å². The van der Waals surface area contributed by atoms with Crippen molar-refractivity contribution in [2.75, 3.05) is 7.11 Å². The Kier molecular flexibility index (Phi) is 2.03. The van der Waals surface area contributed by atoms with Crippen LogP contribution in [-0.4, -0.2) is 19.0 Å². The SMILES string of the molecule is CO[C@H]1CCC2=CC(=O)CC[C@@]21C. The fourth-order valence-electron chi connectivity index (χ4n) is 2.68. The van der Waals surface area contributed by atoms with E-state index >= 15 is 0 Å². The van der Waals surface area contributed by atoms with Gasteiger partial charge in [-0.15, -0.1) is 0 Å². The molecule has 0 aliphatic heterocycles. The molecule has 0 heterocycles. The van der Waals surface area contributed by atoms with Gasteiger partial charge in [-0.25, -0.2) is 0 Å². The lowest BCUT2D eigenvalue weighted by molar-refractivity contribution is -0.116. The Morgan fingerprint density at radius 1 is 1.54 bits per heavy atom. The van der Waals surface area contributed by atoms with Gasteiger partial charge in [-0.3, -0.25) is 4.79 Å². The van der Waals surface area contributed by atoms with Gasteiger partial charge in [-0.1, -0.05) is 12.5 Å². The van der Waals surface area contributed by atoms with E-state index in [0.29, 0.717) is 18.3 Å². The normalized spacial score (nSPS) is 38.8. The third-order valence-electron chi connectivity index (χ3n) is 3.63. The van der Waals surface area contributed by atoms with Crippen LogP contribution in [0.1, 0.15) is 32.6 Å². The molecule has 72 valence electrons. The number of ether oxygens (including phenoxy) is 1. The summed E-state index contributed by atoms with van der Waals surface area (Å²) in [4.78, 5) is 11.2. The minimum absolute atomic E-state index is 0.155. The maximum atomic E-state index is 11.2. The molecule has 13 heavy (non-hydrogen) atoms. The minimum atomic E-state index is 0.155. The van der Waals surface area contributed by atoms with Crippen molar-refractivity contribution in [1.82, 2.24) is 0 Å². The molecule has 0 spiro atoms. The van der Waals surface area contributed by atoms with Gasteiger partial charge in [0.1, 0.15) is 0 Å². The quantitative estimate of drug-likeness (QED) is 0.617. The van der Waals surface area contributed by atoms with E-state index in [9.17, 15) is 4.79 Å². The maximum Gasteiger partial charge on any atom is 0.155 e. The summed E-state index contributed by atoms with van der Waals surface area (Å²) in [5, 5.41) is 0. The zero-order valence-corrected chi connectivity index (χ0v) is 8.30. The Morgan fingerprint density at radius 3 is 3.00 bits per heavy atom. The summed E-state index contributed by atoms with van der Waals surface area (Å²) in [5.74, 6) is 0.296. The van der Waals surface area contributed by atoms with Crippen molar-refractivity contribution in [2.45, 2.75) is 38.7 Å². The number of fused-ring (bicyclic) bond motifs is 1. The van der Waals surface area contributed by atoms with Gasteiger partial charge in [0.15, 0.2) is 5.78 Å². The lowest BCUT2D eigenvalue weighted by atomic mass is 9.74. The van der Waals surface area contributed by atoms with Crippen molar-refractivity contribution in [3.8, 4) is 0 Å². The summed E-state index contributed by atoms with van der Waals surface area (Å²) in [6.07, 6.45) is 5.96. The molecule has 0 aromatic carbocycles. The average molecular weight is 180 g/mol. The highest BCUT2D eigenvalue weighted by atomic mass is 16.5. The molecule has 0 bridgehead atoms. The highest BCUT2D eigenvalue weighted by molar-refractivity contribution is 5.91. The van der Waals surface area contributed by atoms with E-state index < -0.39 is 0 Å². The number of hydrogen-bond donors (Lipinski definition) is 0. The van der Waals surface area contributed by atoms with Crippen LogP contribution in [-0.2, 0) is 9.53 Å². The van der Waals surface area contributed by atoms with Crippen LogP contribution >= 0.6 is 0 Å². The number of carbonyl (C=O) groups is 1. The summed E-state index contributed by atoms with van der Waals surface area (Å²) in [6.45, 7) is 2.23. The molecule has 2 rings (SSSR count). The number of hydrogen-bond acceptors (Lipinski definition) is 2. The molecule has 0 amide bonds. The maximum absolute atomic E-state index is 11.2. The van der Waals surface area contributed by atoms with E-state index in [2.05, 4.69) is 6.92 Å². The largest absolute Gasteiger partial charge is 0.381 e. The Hall–Kier alpha value is -0.630. The van der Waals surface area contributed by atoms with Gasteiger partial charge in [0.25, 0.3) is 0 Å². The van der Waals surface area contributed by atoms with Crippen LogP contribution < -0.4 is 0 Å². The van der Waals surface area contributed by atoms with Gasteiger partial charge >= 0.3 is 0 Å². The Labute approximate surface area is 79.0 Å². The van der Waals surface area contributed by atoms with Gasteiger partial charge in [-0.05, 0) is 25.3 Å². The van der Waals surface area contributed by atoms with Gasteiger partial charge in [0.05, 0.1) is 6.10 Å². The standard InChI is InChI=1S/C11H16O2/c1-11-6-5-9(12)7-8(11)3-4-10(11)13-2/h7,10H,3-6H2,1-2H3/t10-,11-/m0/s1. The molecule has 0 aromatic heterocycles. The summed E-state index contributed by atoms with van der Waals surface area (Å²) < 4.78 is 5.47. The van der Waals surface area contributed by atoms with Crippen LogP contribution in [0.3, 0.4) is 0 Å². The van der Waals surface area contributed by atoms with Crippen LogP contribution in [0.4, 0.5) is 0 Å². The second-order valence-corrected chi connectivity index (χ2v) is 4.32. The molecule has 2 aliphatic carbocycles. The summed E-state index contributed by atoms with van der Waals surface area (Å²) >= 11 is 0. The monoisotopic (exact) mass is 180 g/mol. The van der Waals surface area contributed by atoms with Crippen LogP contribution in [0, 0.1) is 5.41 Å². The minimum Gasteiger partial charge on any atom is -0.381 e. The number of rotatable bonds is 1. The molecular formula is C11H16O2. The molecule has 2 aliphatic rings. The number of ketones is 1. The van der Waals surface area contributed by atoms with Crippen LogP contribution in [0.2, 0.25) is 0 Å². The smallest absolute Gasteiger partial charge is 0.155 e. The van der Waals surface area contributed by atoms with Gasteiger partial charge < -0.3 is 4.74 Å². The fourth-order valence-corrected chi connectivity index (χ4v) is 2.68. The first-order chi connectivity index (χ1) is 6.16. The van der Waals surface area contributed by atoms with E-state index in [-0.39, 0.29) is 5.41 Å². The van der Waals surface area contributed by atoms with Gasteiger partial charge in [-0.2, -0.15) is 0 Å². The van der Waals surface area contributed by atoms with E-state index in [1.807, 2.05) is 6.08 Å². The number of carbonyl (C=O) groups excluding carboxylic acids is 1. The first kappa shape index (κ1) is 8.95. The van der Waals surface area contributed by atoms with Crippen LogP contribution in [0.5, 0.6) is 0 Å². The Morgan fingerprint density at radius 2 is 2.31 bits per heavy atom. The van der Waals surface area contributed by atoms with E-state index in [1.165, 1.54) is 5.57 Å². The number of methoxy groups -OCH3 is 1. The summed E-state index contributed by atoms with van der Waals surface area (Å²) in [7, 11) is 1.77. The van der Waals surface area contributed by atoms with Gasteiger partial charge in [0, 0.05) is 18.9 Å². The van der Waals surface area contributed by atoms with E-state index in [4.69, 9.17) is 4.74 Å². The molecule has 0 aromatic rings. The summed E-state index contributed by atoms with van der Waals surface area (Å²) in [6, 6.07) is 0. The number of allylic oxidation sites excluding steroid dienone is 1. The molecule has 2 nitrogen and oxygen atoms in total. The zero-order valence-electron chi connectivity index (χ0n) is 8.30. The predicted octanol–water partition coefficient (Wildman–Crippen LogP) is 2.09. The fraction of sp³-hybridized carbons (Fsp3) is 0.727. The lowest BCUT2D eigenvalue weighted by Crippen LogP contribution is -2.32. The molecule has 0 N–H and O–H groups in total. The first-order valence-corrected chi connectivity index (χ1v) is 4.93. The second kappa shape index (κ2) is 2.95. The average Bonchev–Trinajstić information content (AvgIpc) is 2.42. The highest BCUT2D eigenvalue weighted by Crippen LogP contribution is 2.49. The van der Waals surface area contributed by atoms with Crippen molar-refractivity contribution >= 4 is 5.78 Å². The van der Waals surface area contributed by atoms with Crippen LogP contribution in [0.25, 0.3) is 0 Å². The van der Waals surface area contributed by atoms with Crippen molar-refractivity contribution in [2.24, 2.45) is 5.41 Å². The van der Waals surface area contributed by atoms with E-state index in [0.717, 1.165) is 19.3 Å². The third-order valence-corrected chi connectivity index (χ3v) is 3.63. The zero-order chi connectivity index (χ0) is 9.47. The molecule has 0 radical (unpaired) electrons. The van der Waals surface area contributed by atoms with Gasteiger partial charge in [0.2, 0.25) is 0 Å². The molecule has 0 saturated heterocycles. The topological polar surface area (TPSA) is 26.3 Å². The van der Waals surface area contributed by atoms with Crippen molar-refractivity contribution in [3.05, 3.63) is 11.6 Å². The Bertz CT molecular complexity index is 267. The first-order valence-electron chi connectivity index (χ1n) is 4.93. The molecular weight excluding hydrogens is 164 g/mol. The molecule has 0 unspecified atom stereocenters. The summed E-state index contributed by atoms with van der Waals surface area (Å²) in [5.41, 5.74) is 1.47. The molecule has 1 fully saturated rings.